The molecule has 2 aromatic rings. The number of para-hydroxylation sites is 1. The SMILES string of the molecule is Cc1nnc(S[C@H](C)C(=O)Nc2ccccc2C#N)n1C1CCCCC1. The van der Waals surface area contributed by atoms with Gasteiger partial charge in [0.15, 0.2) is 5.16 Å². The van der Waals surface area contributed by atoms with Gasteiger partial charge in [-0.2, -0.15) is 5.26 Å². The van der Waals surface area contributed by atoms with Crippen LogP contribution in [0.3, 0.4) is 0 Å². The first-order valence-corrected chi connectivity index (χ1v) is 9.86. The van der Waals surface area contributed by atoms with Gasteiger partial charge in [-0.15, -0.1) is 10.2 Å². The van der Waals surface area contributed by atoms with E-state index in [0.29, 0.717) is 17.3 Å². The third-order valence-electron chi connectivity index (χ3n) is 4.73. The Kier molecular flexibility index (Phi) is 5.94. The van der Waals surface area contributed by atoms with Crippen LogP contribution in [0.5, 0.6) is 0 Å². The zero-order valence-corrected chi connectivity index (χ0v) is 15.9. The van der Waals surface area contributed by atoms with E-state index in [2.05, 4.69) is 26.2 Å². The number of rotatable bonds is 5. The van der Waals surface area contributed by atoms with Crippen LogP contribution in [0.2, 0.25) is 0 Å². The Labute approximate surface area is 158 Å². The molecule has 1 N–H and O–H groups in total. The zero-order valence-electron chi connectivity index (χ0n) is 15.1. The third-order valence-corrected chi connectivity index (χ3v) is 5.79. The van der Waals surface area contributed by atoms with E-state index in [0.717, 1.165) is 23.8 Å². The fourth-order valence-electron chi connectivity index (χ4n) is 3.33. The van der Waals surface area contributed by atoms with Crippen LogP contribution >= 0.6 is 11.8 Å². The first-order chi connectivity index (χ1) is 12.6. The molecular formula is C19H23N5OS. The Bertz CT molecular complexity index is 820. The fourth-order valence-corrected chi connectivity index (χ4v) is 4.29. The van der Waals surface area contributed by atoms with Crippen LogP contribution in [0.1, 0.15) is 56.5 Å². The highest BCUT2D eigenvalue weighted by Crippen LogP contribution is 2.33. The lowest BCUT2D eigenvalue weighted by atomic mass is 9.95. The summed E-state index contributed by atoms with van der Waals surface area (Å²) in [6.45, 7) is 3.82. The number of anilines is 1. The average Bonchev–Trinajstić information content (AvgIpc) is 3.03. The fraction of sp³-hybridized carbons (Fsp3) is 0.474. The van der Waals surface area contributed by atoms with Gasteiger partial charge in [-0.1, -0.05) is 43.2 Å². The molecule has 0 bridgehead atoms. The van der Waals surface area contributed by atoms with Crippen molar-refractivity contribution in [1.29, 1.82) is 5.26 Å². The van der Waals surface area contributed by atoms with Crippen LogP contribution in [0.15, 0.2) is 29.4 Å². The van der Waals surface area contributed by atoms with Crippen molar-refractivity contribution in [1.82, 2.24) is 14.8 Å². The Morgan fingerprint density at radius 2 is 2.04 bits per heavy atom. The van der Waals surface area contributed by atoms with Crippen LogP contribution in [-0.2, 0) is 4.79 Å². The largest absolute Gasteiger partial charge is 0.324 e. The highest BCUT2D eigenvalue weighted by atomic mass is 32.2. The van der Waals surface area contributed by atoms with Gasteiger partial charge >= 0.3 is 0 Å². The lowest BCUT2D eigenvalue weighted by Crippen LogP contribution is -2.24. The molecule has 1 aliphatic rings. The summed E-state index contributed by atoms with van der Waals surface area (Å²) in [4.78, 5) is 12.6. The number of benzene rings is 1. The van der Waals surface area contributed by atoms with E-state index in [1.54, 1.807) is 24.3 Å². The molecule has 6 nitrogen and oxygen atoms in total. The van der Waals surface area contributed by atoms with Crippen molar-refractivity contribution >= 4 is 23.4 Å². The lowest BCUT2D eigenvalue weighted by molar-refractivity contribution is -0.115. The van der Waals surface area contributed by atoms with Gasteiger partial charge in [-0.25, -0.2) is 0 Å². The molecule has 1 fully saturated rings. The molecule has 1 aromatic carbocycles. The second kappa shape index (κ2) is 8.37. The summed E-state index contributed by atoms with van der Waals surface area (Å²) in [5.74, 6) is 0.760. The Morgan fingerprint density at radius 1 is 1.31 bits per heavy atom. The van der Waals surface area contributed by atoms with E-state index in [-0.39, 0.29) is 11.2 Å². The van der Waals surface area contributed by atoms with E-state index in [9.17, 15) is 4.79 Å². The van der Waals surface area contributed by atoms with Crippen LogP contribution < -0.4 is 5.32 Å². The summed E-state index contributed by atoms with van der Waals surface area (Å²) in [5.41, 5.74) is 0.997. The first-order valence-electron chi connectivity index (χ1n) is 8.98. The van der Waals surface area contributed by atoms with Gasteiger partial charge in [0.25, 0.3) is 0 Å². The number of hydrogen-bond donors (Lipinski definition) is 1. The predicted octanol–water partition coefficient (Wildman–Crippen LogP) is 4.08. The van der Waals surface area contributed by atoms with Crippen LogP contribution in [-0.4, -0.2) is 25.9 Å². The molecule has 7 heteroatoms. The first kappa shape index (κ1) is 18.5. The smallest absolute Gasteiger partial charge is 0.237 e. The summed E-state index contributed by atoms with van der Waals surface area (Å²) < 4.78 is 2.19. The van der Waals surface area contributed by atoms with Crippen molar-refractivity contribution in [2.75, 3.05) is 5.32 Å². The van der Waals surface area contributed by atoms with Crippen molar-refractivity contribution in [3.8, 4) is 6.07 Å². The van der Waals surface area contributed by atoms with Gasteiger partial charge in [0.2, 0.25) is 5.91 Å². The van der Waals surface area contributed by atoms with Gasteiger partial charge in [-0.3, -0.25) is 4.79 Å². The molecule has 26 heavy (non-hydrogen) atoms. The van der Waals surface area contributed by atoms with Gasteiger partial charge in [-0.05, 0) is 38.8 Å². The molecule has 3 rings (SSSR count). The van der Waals surface area contributed by atoms with E-state index < -0.39 is 0 Å². The van der Waals surface area contributed by atoms with E-state index in [4.69, 9.17) is 5.26 Å². The van der Waals surface area contributed by atoms with Crippen LogP contribution in [0.4, 0.5) is 5.69 Å². The van der Waals surface area contributed by atoms with Crippen molar-refractivity contribution < 1.29 is 4.79 Å². The summed E-state index contributed by atoms with van der Waals surface area (Å²) in [7, 11) is 0. The Morgan fingerprint density at radius 3 is 2.77 bits per heavy atom. The van der Waals surface area contributed by atoms with Crippen LogP contribution in [0, 0.1) is 18.3 Å². The lowest BCUT2D eigenvalue weighted by Gasteiger charge is -2.25. The van der Waals surface area contributed by atoms with Crippen molar-refractivity contribution in [3.05, 3.63) is 35.7 Å². The summed E-state index contributed by atoms with van der Waals surface area (Å²) >= 11 is 1.42. The number of aromatic nitrogens is 3. The van der Waals surface area contributed by atoms with Gasteiger partial charge in [0.1, 0.15) is 11.9 Å². The van der Waals surface area contributed by atoms with E-state index >= 15 is 0 Å². The molecule has 0 aliphatic heterocycles. The summed E-state index contributed by atoms with van der Waals surface area (Å²) in [5, 5.41) is 21.0. The summed E-state index contributed by atoms with van der Waals surface area (Å²) in [6, 6.07) is 9.54. The molecule has 1 heterocycles. The normalized spacial score (nSPS) is 16.0. The molecule has 0 unspecified atom stereocenters. The monoisotopic (exact) mass is 369 g/mol. The molecule has 1 amide bonds. The number of nitrogens with zero attached hydrogens (tertiary/aromatic N) is 4. The topological polar surface area (TPSA) is 83.6 Å². The highest BCUT2D eigenvalue weighted by molar-refractivity contribution is 8.00. The average molecular weight is 369 g/mol. The van der Waals surface area contributed by atoms with Gasteiger partial charge in [0.05, 0.1) is 16.5 Å². The summed E-state index contributed by atoms with van der Waals surface area (Å²) in [6.07, 6.45) is 6.03. The third kappa shape index (κ3) is 4.07. The molecule has 1 saturated carbocycles. The Balaban J connectivity index is 1.71. The maximum Gasteiger partial charge on any atom is 0.237 e. The molecule has 136 valence electrons. The minimum absolute atomic E-state index is 0.145. The number of hydrogen-bond acceptors (Lipinski definition) is 5. The van der Waals surface area contributed by atoms with Crippen LogP contribution in [0.25, 0.3) is 0 Å². The zero-order chi connectivity index (χ0) is 18.5. The maximum atomic E-state index is 12.6. The molecule has 0 spiro atoms. The van der Waals surface area contributed by atoms with Gasteiger partial charge in [0, 0.05) is 6.04 Å². The second-order valence-corrected chi connectivity index (χ2v) is 7.91. The van der Waals surface area contributed by atoms with E-state index in [1.165, 1.54) is 31.0 Å². The molecule has 0 radical (unpaired) electrons. The molecule has 0 saturated heterocycles. The molecule has 1 aliphatic carbocycles. The standard InChI is InChI=1S/C19H23N5OS/c1-13(18(25)21-17-11-7-6-8-15(17)12-20)26-19-23-22-14(2)24(19)16-9-4-3-5-10-16/h6-8,11,13,16H,3-5,9-10H2,1-2H3,(H,21,25)/t13-/m1/s1. The minimum Gasteiger partial charge on any atom is -0.324 e. The number of nitriles is 1. The molecular weight excluding hydrogens is 346 g/mol. The number of thioether (sulfide) groups is 1. The number of nitrogens with one attached hydrogen (secondary N) is 1. The maximum absolute atomic E-state index is 12.6. The van der Waals surface area contributed by atoms with Gasteiger partial charge < -0.3 is 9.88 Å². The minimum atomic E-state index is -0.340. The number of carbonyl (C=O) groups is 1. The second-order valence-electron chi connectivity index (χ2n) is 6.60. The highest BCUT2D eigenvalue weighted by Gasteiger charge is 2.24. The quantitative estimate of drug-likeness (QED) is 0.803. The predicted molar refractivity (Wildman–Crippen MR) is 102 cm³/mol. The van der Waals surface area contributed by atoms with E-state index in [1.807, 2.05) is 13.8 Å². The Hall–Kier alpha value is -2.33. The number of aryl methyl sites for hydroxylation is 1. The van der Waals surface area contributed by atoms with Crippen molar-refractivity contribution in [2.24, 2.45) is 0 Å². The number of amides is 1. The number of carbonyl (C=O) groups excluding carboxylic acids is 1. The molecule has 1 atom stereocenters. The molecule has 1 aromatic heterocycles. The van der Waals surface area contributed by atoms with Crippen molar-refractivity contribution in [3.63, 3.8) is 0 Å². The van der Waals surface area contributed by atoms with Crippen molar-refractivity contribution in [2.45, 2.75) is 62.4 Å².